The fraction of sp³-hybridized carbons (Fsp3) is 0.385. The Kier molecular flexibility index (Phi) is 5.73. The number of hydrogen-bond acceptors (Lipinski definition) is 2. The Hall–Kier alpha value is -1.17. The van der Waals surface area contributed by atoms with Crippen LogP contribution in [0, 0.1) is 0 Å². The van der Waals surface area contributed by atoms with Gasteiger partial charge in [0.2, 0.25) is 0 Å². The fourth-order valence-corrected chi connectivity index (χ4v) is 2.30. The van der Waals surface area contributed by atoms with E-state index in [2.05, 4.69) is 5.32 Å². The van der Waals surface area contributed by atoms with Gasteiger partial charge in [0.15, 0.2) is 0 Å². The monoisotopic (exact) mass is 352 g/mol. The van der Waals surface area contributed by atoms with Crippen LogP contribution in [0.5, 0.6) is 0 Å². The molecule has 0 fully saturated rings. The number of nitrogens with zero attached hydrogens (tertiary/aromatic N) is 1. The highest BCUT2D eigenvalue weighted by Crippen LogP contribution is 2.32. The van der Waals surface area contributed by atoms with Gasteiger partial charge in [-0.25, -0.2) is 9.59 Å². The van der Waals surface area contributed by atoms with E-state index < -0.39 is 17.5 Å². The van der Waals surface area contributed by atoms with Gasteiger partial charge in [-0.3, -0.25) is 0 Å². The molecular weight excluding hydrogens is 339 g/mol. The van der Waals surface area contributed by atoms with E-state index in [9.17, 15) is 14.7 Å². The van der Waals surface area contributed by atoms with Crippen molar-refractivity contribution in [2.45, 2.75) is 26.3 Å². The summed E-state index contributed by atoms with van der Waals surface area (Å²) in [6.45, 7) is 4.77. The van der Waals surface area contributed by atoms with Crippen molar-refractivity contribution in [3.63, 3.8) is 0 Å². The number of likely N-dealkylation sites (N-methyl/N-ethyl adjacent to an activating group) is 1. The fourth-order valence-electron chi connectivity index (χ4n) is 1.71. The Morgan fingerprint density at radius 1 is 1.19 bits per heavy atom. The molecule has 0 heterocycles. The number of nitrogens with one attached hydrogen (secondary N) is 1. The van der Waals surface area contributed by atoms with Crippen molar-refractivity contribution in [1.82, 2.24) is 4.90 Å². The second-order valence-electron chi connectivity index (χ2n) is 4.78. The Bertz CT molecular complexity index is 576. The summed E-state index contributed by atoms with van der Waals surface area (Å²) in [6, 6.07) is 2.22. The van der Waals surface area contributed by atoms with Gasteiger partial charge in [0.1, 0.15) is 5.54 Å². The van der Waals surface area contributed by atoms with Gasteiger partial charge < -0.3 is 15.3 Å². The van der Waals surface area contributed by atoms with Gasteiger partial charge in [-0.2, -0.15) is 0 Å². The molecule has 0 unspecified atom stereocenters. The number of rotatable bonds is 4. The first-order chi connectivity index (χ1) is 9.61. The number of carbonyl (C=O) groups is 2. The highest BCUT2D eigenvalue weighted by atomic mass is 35.5. The quantitative estimate of drug-likeness (QED) is 0.790. The third-order valence-corrected chi connectivity index (χ3v) is 4.05. The lowest BCUT2D eigenvalue weighted by Gasteiger charge is -2.34. The van der Waals surface area contributed by atoms with Gasteiger partial charge in [-0.1, -0.05) is 34.8 Å². The molecule has 8 heteroatoms. The van der Waals surface area contributed by atoms with Crippen LogP contribution in [0.25, 0.3) is 0 Å². The average molecular weight is 354 g/mol. The number of carbonyl (C=O) groups excluding carboxylic acids is 1. The molecule has 0 atom stereocenters. The lowest BCUT2D eigenvalue weighted by Crippen LogP contribution is -2.54. The Morgan fingerprint density at radius 3 is 2.19 bits per heavy atom. The Labute approximate surface area is 137 Å². The van der Waals surface area contributed by atoms with Gasteiger partial charge in [0.05, 0.1) is 20.8 Å². The summed E-state index contributed by atoms with van der Waals surface area (Å²) in [5, 5.41) is 12.5. The van der Waals surface area contributed by atoms with E-state index in [0.717, 1.165) is 0 Å². The summed E-state index contributed by atoms with van der Waals surface area (Å²) in [6.07, 6.45) is 0. The van der Waals surface area contributed by atoms with E-state index in [1.165, 1.54) is 30.9 Å². The van der Waals surface area contributed by atoms with E-state index in [1.54, 1.807) is 6.92 Å². The molecule has 0 aliphatic carbocycles. The van der Waals surface area contributed by atoms with Crippen LogP contribution in [0.4, 0.5) is 10.5 Å². The summed E-state index contributed by atoms with van der Waals surface area (Å²) in [5.74, 6) is -1.11. The Morgan fingerprint density at radius 2 is 1.71 bits per heavy atom. The summed E-state index contributed by atoms with van der Waals surface area (Å²) in [7, 11) is 0. The van der Waals surface area contributed by atoms with Crippen molar-refractivity contribution in [2.75, 3.05) is 11.9 Å². The first kappa shape index (κ1) is 17.9. The number of urea groups is 1. The molecule has 1 rings (SSSR count). The van der Waals surface area contributed by atoms with E-state index >= 15 is 0 Å². The summed E-state index contributed by atoms with van der Waals surface area (Å²) < 4.78 is 0. The van der Waals surface area contributed by atoms with Crippen LogP contribution < -0.4 is 5.32 Å². The van der Waals surface area contributed by atoms with Crippen LogP contribution in [0.1, 0.15) is 20.8 Å². The molecule has 1 aromatic carbocycles. The van der Waals surface area contributed by atoms with E-state index in [0.29, 0.717) is 0 Å². The Balaban J connectivity index is 3.04. The van der Waals surface area contributed by atoms with Crippen LogP contribution >= 0.6 is 34.8 Å². The van der Waals surface area contributed by atoms with Crippen LogP contribution in [-0.4, -0.2) is 34.1 Å². The van der Waals surface area contributed by atoms with Gasteiger partial charge in [-0.05, 0) is 32.9 Å². The van der Waals surface area contributed by atoms with E-state index in [-0.39, 0.29) is 27.3 Å². The lowest BCUT2D eigenvalue weighted by molar-refractivity contribution is -0.147. The zero-order chi connectivity index (χ0) is 16.4. The van der Waals surface area contributed by atoms with Crippen LogP contribution in [0.3, 0.4) is 0 Å². The molecule has 0 radical (unpaired) electrons. The van der Waals surface area contributed by atoms with Crippen LogP contribution in [-0.2, 0) is 4.79 Å². The zero-order valence-corrected chi connectivity index (χ0v) is 14.0. The molecule has 0 saturated carbocycles. The standard InChI is InChI=1S/C13H15Cl3N2O3/c1-4-18(13(2,3)11(19)20)12(21)17-10-6-8(15)7(14)5-9(10)16/h5-6H,4H2,1-3H3,(H,17,21)(H,19,20). The van der Waals surface area contributed by atoms with Crippen molar-refractivity contribution in [3.8, 4) is 0 Å². The van der Waals surface area contributed by atoms with Crippen molar-refractivity contribution in [3.05, 3.63) is 27.2 Å². The zero-order valence-electron chi connectivity index (χ0n) is 11.7. The second kappa shape index (κ2) is 6.73. The molecule has 0 saturated heterocycles. The number of anilines is 1. The predicted octanol–water partition coefficient (Wildman–Crippen LogP) is 4.36. The molecule has 21 heavy (non-hydrogen) atoms. The highest BCUT2D eigenvalue weighted by Gasteiger charge is 2.37. The first-order valence-corrected chi connectivity index (χ1v) is 7.21. The molecule has 1 aromatic rings. The topological polar surface area (TPSA) is 69.6 Å². The number of amides is 2. The molecule has 0 spiro atoms. The molecule has 0 aliphatic rings. The molecule has 2 amide bonds. The summed E-state index contributed by atoms with van der Waals surface area (Å²) in [5.41, 5.74) is -1.10. The van der Waals surface area contributed by atoms with Gasteiger partial charge in [-0.15, -0.1) is 0 Å². The second-order valence-corrected chi connectivity index (χ2v) is 6.01. The molecule has 0 bridgehead atoms. The van der Waals surface area contributed by atoms with Gasteiger partial charge in [0, 0.05) is 6.54 Å². The summed E-state index contributed by atoms with van der Waals surface area (Å²) in [4.78, 5) is 24.7. The van der Waals surface area contributed by atoms with Crippen molar-refractivity contribution in [2.24, 2.45) is 0 Å². The van der Waals surface area contributed by atoms with E-state index in [4.69, 9.17) is 34.8 Å². The van der Waals surface area contributed by atoms with Gasteiger partial charge in [0.25, 0.3) is 0 Å². The van der Waals surface area contributed by atoms with E-state index in [1.807, 2.05) is 0 Å². The molecular formula is C13H15Cl3N2O3. The normalized spacial score (nSPS) is 11.1. The summed E-state index contributed by atoms with van der Waals surface area (Å²) >= 11 is 17.7. The van der Waals surface area contributed by atoms with Crippen molar-refractivity contribution < 1.29 is 14.7 Å². The lowest BCUT2D eigenvalue weighted by atomic mass is 10.0. The van der Waals surface area contributed by atoms with Gasteiger partial charge >= 0.3 is 12.0 Å². The number of carboxylic acid groups (broad SMARTS) is 1. The number of hydrogen-bond donors (Lipinski definition) is 2. The molecule has 0 aliphatic heterocycles. The number of aliphatic carboxylic acids is 1. The minimum Gasteiger partial charge on any atom is -0.480 e. The largest absolute Gasteiger partial charge is 0.480 e. The maximum absolute atomic E-state index is 12.3. The van der Waals surface area contributed by atoms with Crippen molar-refractivity contribution >= 4 is 52.5 Å². The van der Waals surface area contributed by atoms with Crippen molar-refractivity contribution in [1.29, 1.82) is 0 Å². The molecule has 116 valence electrons. The maximum Gasteiger partial charge on any atom is 0.329 e. The minimum atomic E-state index is -1.36. The predicted molar refractivity (Wildman–Crippen MR) is 84.6 cm³/mol. The third kappa shape index (κ3) is 3.93. The molecule has 2 N–H and O–H groups in total. The number of carboxylic acids is 1. The maximum atomic E-state index is 12.3. The van der Waals surface area contributed by atoms with Crippen LogP contribution in [0.15, 0.2) is 12.1 Å². The van der Waals surface area contributed by atoms with Crippen LogP contribution in [0.2, 0.25) is 15.1 Å². The smallest absolute Gasteiger partial charge is 0.329 e. The molecule has 5 nitrogen and oxygen atoms in total. The number of benzene rings is 1. The first-order valence-electron chi connectivity index (χ1n) is 6.07. The average Bonchev–Trinajstić information content (AvgIpc) is 2.36. The number of halogens is 3. The highest BCUT2D eigenvalue weighted by molar-refractivity contribution is 6.44. The SMILES string of the molecule is CCN(C(=O)Nc1cc(Cl)c(Cl)cc1Cl)C(C)(C)C(=O)O. The molecule has 0 aromatic heterocycles. The minimum absolute atomic E-state index is 0.210. The third-order valence-electron chi connectivity index (χ3n) is 3.01.